The highest BCUT2D eigenvalue weighted by atomic mass is 79.9. The fraction of sp³-hybridized carbons (Fsp3) is 0.455. The molecule has 0 atom stereocenters. The zero-order valence-corrected chi connectivity index (χ0v) is 10.2. The van der Waals surface area contributed by atoms with Crippen molar-refractivity contribution in [2.24, 2.45) is 0 Å². The molecule has 3 nitrogen and oxygen atoms in total. The summed E-state index contributed by atoms with van der Waals surface area (Å²) < 4.78 is 6.21. The normalized spacial score (nSPS) is 10.5. The first-order valence-electron chi connectivity index (χ1n) is 4.96. The fourth-order valence-corrected chi connectivity index (χ4v) is 1.41. The van der Waals surface area contributed by atoms with Crippen LogP contribution >= 0.6 is 15.9 Å². The van der Waals surface area contributed by atoms with Crippen LogP contribution in [0.1, 0.15) is 5.56 Å². The van der Waals surface area contributed by atoms with Crippen LogP contribution in [0.2, 0.25) is 0 Å². The molecule has 1 rings (SSSR count). The van der Waals surface area contributed by atoms with E-state index >= 15 is 0 Å². The van der Waals surface area contributed by atoms with Crippen LogP contribution in [0.5, 0.6) is 0 Å². The summed E-state index contributed by atoms with van der Waals surface area (Å²) in [4.78, 5) is 0. The van der Waals surface area contributed by atoms with Gasteiger partial charge in [-0.3, -0.25) is 0 Å². The van der Waals surface area contributed by atoms with Crippen molar-refractivity contribution in [2.75, 3.05) is 26.4 Å². The van der Waals surface area contributed by atoms with Crippen LogP contribution < -0.4 is 5.32 Å². The molecule has 0 heterocycles. The zero-order chi connectivity index (χ0) is 10.9. The number of aliphatic hydroxyl groups excluding tert-OH is 1. The molecule has 0 saturated carbocycles. The highest BCUT2D eigenvalue weighted by Gasteiger charge is 1.92. The molecule has 15 heavy (non-hydrogen) atoms. The van der Waals surface area contributed by atoms with Gasteiger partial charge < -0.3 is 15.2 Å². The summed E-state index contributed by atoms with van der Waals surface area (Å²) in [6.07, 6.45) is 0. The van der Waals surface area contributed by atoms with E-state index in [2.05, 4.69) is 33.4 Å². The summed E-state index contributed by atoms with van der Waals surface area (Å²) in [5.74, 6) is 0. The Balaban J connectivity index is 2.07. The molecule has 2 N–H and O–H groups in total. The lowest BCUT2D eigenvalue weighted by atomic mass is 10.2. The summed E-state index contributed by atoms with van der Waals surface area (Å²) in [6, 6.07) is 8.20. The summed E-state index contributed by atoms with van der Waals surface area (Å²) in [7, 11) is 0. The van der Waals surface area contributed by atoms with Crippen molar-refractivity contribution in [1.82, 2.24) is 5.32 Å². The van der Waals surface area contributed by atoms with Crippen LogP contribution in [-0.4, -0.2) is 31.5 Å². The maximum absolute atomic E-state index is 8.48. The number of halogens is 1. The van der Waals surface area contributed by atoms with Crippen molar-refractivity contribution < 1.29 is 9.84 Å². The minimum absolute atomic E-state index is 0.0900. The van der Waals surface area contributed by atoms with Gasteiger partial charge in [0.05, 0.1) is 19.8 Å². The molecule has 0 unspecified atom stereocenters. The average Bonchev–Trinajstić information content (AvgIpc) is 2.26. The largest absolute Gasteiger partial charge is 0.394 e. The molecular formula is C11H16BrNO2. The van der Waals surface area contributed by atoms with E-state index in [1.165, 1.54) is 5.56 Å². The van der Waals surface area contributed by atoms with Crippen LogP contribution in [0.25, 0.3) is 0 Å². The molecule has 1 aromatic carbocycles. The Kier molecular flexibility index (Phi) is 6.59. The monoisotopic (exact) mass is 273 g/mol. The predicted octanol–water partition coefficient (Wildman–Crippen LogP) is 1.55. The maximum atomic E-state index is 8.48. The second-order valence-corrected chi connectivity index (χ2v) is 4.05. The number of benzene rings is 1. The van der Waals surface area contributed by atoms with E-state index in [0.29, 0.717) is 13.2 Å². The van der Waals surface area contributed by atoms with E-state index in [0.717, 1.165) is 17.6 Å². The Hall–Kier alpha value is -0.420. The summed E-state index contributed by atoms with van der Waals surface area (Å²) in [5, 5.41) is 11.7. The molecule has 0 spiro atoms. The molecule has 0 aliphatic rings. The van der Waals surface area contributed by atoms with E-state index in [4.69, 9.17) is 9.84 Å². The van der Waals surface area contributed by atoms with E-state index in [-0.39, 0.29) is 6.61 Å². The quantitative estimate of drug-likeness (QED) is 0.741. The lowest BCUT2D eigenvalue weighted by Gasteiger charge is -2.05. The van der Waals surface area contributed by atoms with Crippen molar-refractivity contribution in [3.05, 3.63) is 34.3 Å². The SMILES string of the molecule is OCCOCCNCc1ccc(Br)cc1. The minimum Gasteiger partial charge on any atom is -0.394 e. The van der Waals surface area contributed by atoms with E-state index < -0.39 is 0 Å². The Morgan fingerprint density at radius 2 is 1.93 bits per heavy atom. The Bertz CT molecular complexity index is 264. The second-order valence-electron chi connectivity index (χ2n) is 3.14. The highest BCUT2D eigenvalue weighted by Crippen LogP contribution is 2.09. The molecule has 0 amide bonds. The number of nitrogens with one attached hydrogen (secondary N) is 1. The second kappa shape index (κ2) is 7.82. The van der Waals surface area contributed by atoms with Gasteiger partial charge in [0.2, 0.25) is 0 Å². The first-order valence-corrected chi connectivity index (χ1v) is 5.76. The van der Waals surface area contributed by atoms with Crippen LogP contribution in [0.3, 0.4) is 0 Å². The van der Waals surface area contributed by atoms with Crippen LogP contribution in [-0.2, 0) is 11.3 Å². The number of hydrogen-bond donors (Lipinski definition) is 2. The molecule has 0 fully saturated rings. The van der Waals surface area contributed by atoms with Gasteiger partial charge in [-0.15, -0.1) is 0 Å². The zero-order valence-electron chi connectivity index (χ0n) is 8.58. The van der Waals surface area contributed by atoms with E-state index in [1.807, 2.05) is 12.1 Å². The van der Waals surface area contributed by atoms with Gasteiger partial charge in [-0.1, -0.05) is 28.1 Å². The topological polar surface area (TPSA) is 41.5 Å². The maximum Gasteiger partial charge on any atom is 0.0698 e. The van der Waals surface area contributed by atoms with Crippen LogP contribution in [0, 0.1) is 0 Å². The molecule has 0 aliphatic heterocycles. The number of ether oxygens (including phenoxy) is 1. The predicted molar refractivity (Wildman–Crippen MR) is 63.8 cm³/mol. The van der Waals surface area contributed by atoms with Crippen molar-refractivity contribution in [1.29, 1.82) is 0 Å². The first kappa shape index (κ1) is 12.6. The van der Waals surface area contributed by atoms with Gasteiger partial charge in [0.1, 0.15) is 0 Å². The molecule has 4 heteroatoms. The molecule has 84 valence electrons. The molecule has 1 aromatic rings. The van der Waals surface area contributed by atoms with Gasteiger partial charge in [0.25, 0.3) is 0 Å². The van der Waals surface area contributed by atoms with Crippen molar-refractivity contribution in [2.45, 2.75) is 6.54 Å². The lowest BCUT2D eigenvalue weighted by Crippen LogP contribution is -2.19. The first-order chi connectivity index (χ1) is 7.33. The van der Waals surface area contributed by atoms with Crippen molar-refractivity contribution in [3.63, 3.8) is 0 Å². The fourth-order valence-electron chi connectivity index (χ4n) is 1.15. The van der Waals surface area contributed by atoms with Gasteiger partial charge in [-0.25, -0.2) is 0 Å². The third-order valence-corrected chi connectivity index (χ3v) is 2.43. The molecule has 0 aromatic heterocycles. The highest BCUT2D eigenvalue weighted by molar-refractivity contribution is 9.10. The lowest BCUT2D eigenvalue weighted by molar-refractivity contribution is 0.0938. The number of aliphatic hydroxyl groups is 1. The Morgan fingerprint density at radius 3 is 2.60 bits per heavy atom. The average molecular weight is 274 g/mol. The smallest absolute Gasteiger partial charge is 0.0698 e. The third-order valence-electron chi connectivity index (χ3n) is 1.90. The van der Waals surface area contributed by atoms with Gasteiger partial charge in [0, 0.05) is 17.6 Å². The standard InChI is InChI=1S/C11H16BrNO2/c12-11-3-1-10(2-4-11)9-13-5-7-15-8-6-14/h1-4,13-14H,5-9H2. The van der Waals surface area contributed by atoms with Crippen LogP contribution in [0.15, 0.2) is 28.7 Å². The van der Waals surface area contributed by atoms with Crippen molar-refractivity contribution in [3.8, 4) is 0 Å². The van der Waals surface area contributed by atoms with Gasteiger partial charge in [-0.2, -0.15) is 0 Å². The van der Waals surface area contributed by atoms with Gasteiger partial charge in [0.15, 0.2) is 0 Å². The minimum atomic E-state index is 0.0900. The summed E-state index contributed by atoms with van der Waals surface area (Å²) in [6.45, 7) is 2.79. The van der Waals surface area contributed by atoms with Crippen molar-refractivity contribution >= 4 is 15.9 Å². The number of hydrogen-bond acceptors (Lipinski definition) is 3. The van der Waals surface area contributed by atoms with Gasteiger partial charge >= 0.3 is 0 Å². The Morgan fingerprint density at radius 1 is 1.20 bits per heavy atom. The van der Waals surface area contributed by atoms with Gasteiger partial charge in [-0.05, 0) is 17.7 Å². The van der Waals surface area contributed by atoms with E-state index in [1.54, 1.807) is 0 Å². The third kappa shape index (κ3) is 5.89. The molecule has 0 bridgehead atoms. The van der Waals surface area contributed by atoms with E-state index in [9.17, 15) is 0 Å². The molecule has 0 radical (unpaired) electrons. The number of rotatable bonds is 7. The summed E-state index contributed by atoms with van der Waals surface area (Å²) >= 11 is 3.39. The Labute approximate surface area is 98.6 Å². The van der Waals surface area contributed by atoms with Crippen LogP contribution in [0.4, 0.5) is 0 Å². The molecule has 0 aliphatic carbocycles. The molecule has 0 saturated heterocycles. The summed E-state index contributed by atoms with van der Waals surface area (Å²) in [5.41, 5.74) is 1.25. The molecular weight excluding hydrogens is 258 g/mol.